The van der Waals surface area contributed by atoms with E-state index in [2.05, 4.69) is 127 Å². The lowest BCUT2D eigenvalue weighted by atomic mass is 9.84. The first-order valence-corrected chi connectivity index (χ1v) is 16.9. The molecule has 0 unspecified atom stereocenters. The van der Waals surface area contributed by atoms with Gasteiger partial charge < -0.3 is 0 Å². The summed E-state index contributed by atoms with van der Waals surface area (Å²) in [6.45, 7) is 0. The summed E-state index contributed by atoms with van der Waals surface area (Å²) < 4.78 is 43.5. The van der Waals surface area contributed by atoms with Crippen LogP contribution in [0.2, 0.25) is 0 Å². The summed E-state index contributed by atoms with van der Waals surface area (Å²) in [5.41, 5.74) is 7.20. The highest BCUT2D eigenvalue weighted by Gasteiger charge is 2.18. The fourth-order valence-electron chi connectivity index (χ4n) is 7.79. The summed E-state index contributed by atoms with van der Waals surface area (Å²) >= 11 is 0. The Morgan fingerprint density at radius 1 is 0.280 bits per heavy atom. The summed E-state index contributed by atoms with van der Waals surface area (Å²) in [6.07, 6.45) is 0. The van der Waals surface area contributed by atoms with Gasteiger partial charge in [-0.05, 0) is 117 Å². The maximum atomic E-state index is 9.03. The third-order valence-electron chi connectivity index (χ3n) is 10.1. The predicted molar refractivity (Wildman–Crippen MR) is 216 cm³/mol. The van der Waals surface area contributed by atoms with E-state index in [1.807, 2.05) is 36.4 Å². The molecular formula is C50H32. The first-order chi connectivity index (χ1) is 26.9. The van der Waals surface area contributed by atoms with Crippen LogP contribution in [0.4, 0.5) is 0 Å². The van der Waals surface area contributed by atoms with E-state index < -0.39 is 6.04 Å². The normalized spacial score (nSPS) is 13.0. The van der Waals surface area contributed by atoms with Crippen LogP contribution in [0.1, 0.15) is 6.85 Å². The SMILES string of the molecule is [2H]c1c([2H])c([2H])c(-c2c3ccccc3c(-c3ccc(-c4cccc5c4ccc4cc6ccccc6cc45)cc3)c3ccc(-c4ccccc4)cc23)c([2H])c1[2H]. The van der Waals surface area contributed by atoms with Gasteiger partial charge in [0.25, 0.3) is 0 Å². The molecule has 10 aromatic rings. The van der Waals surface area contributed by atoms with E-state index in [1.54, 1.807) is 0 Å². The van der Waals surface area contributed by atoms with E-state index >= 15 is 0 Å². The molecule has 232 valence electrons. The van der Waals surface area contributed by atoms with Crippen molar-refractivity contribution in [2.75, 3.05) is 0 Å². The van der Waals surface area contributed by atoms with E-state index in [4.69, 9.17) is 6.85 Å². The number of fused-ring (bicyclic) bond motifs is 6. The maximum absolute atomic E-state index is 9.03. The monoisotopic (exact) mass is 637 g/mol. The summed E-state index contributed by atoms with van der Waals surface area (Å²) in [4.78, 5) is 0. The van der Waals surface area contributed by atoms with Crippen molar-refractivity contribution in [1.29, 1.82) is 0 Å². The molecule has 0 saturated carbocycles. The summed E-state index contributed by atoms with van der Waals surface area (Å²) in [5.74, 6) is 0. The van der Waals surface area contributed by atoms with Crippen LogP contribution < -0.4 is 0 Å². The van der Waals surface area contributed by atoms with Crippen molar-refractivity contribution < 1.29 is 6.85 Å². The second-order valence-electron chi connectivity index (χ2n) is 12.9. The van der Waals surface area contributed by atoms with Crippen molar-refractivity contribution in [3.63, 3.8) is 0 Å². The molecule has 10 aromatic carbocycles. The minimum Gasteiger partial charge on any atom is -0.0622 e. The van der Waals surface area contributed by atoms with E-state index in [0.717, 1.165) is 54.9 Å². The van der Waals surface area contributed by atoms with Crippen molar-refractivity contribution in [2.24, 2.45) is 0 Å². The quantitative estimate of drug-likeness (QED) is 0.133. The van der Waals surface area contributed by atoms with Crippen LogP contribution in [0.5, 0.6) is 0 Å². The Labute approximate surface area is 298 Å². The van der Waals surface area contributed by atoms with Gasteiger partial charge in [-0.15, -0.1) is 0 Å². The number of hydrogen-bond acceptors (Lipinski definition) is 0. The fraction of sp³-hybridized carbons (Fsp3) is 0. The number of hydrogen-bond donors (Lipinski definition) is 0. The molecule has 0 heteroatoms. The van der Waals surface area contributed by atoms with Gasteiger partial charge in [-0.25, -0.2) is 0 Å². The Balaban J connectivity index is 1.20. The lowest BCUT2D eigenvalue weighted by molar-refractivity contribution is 1.62. The minimum atomic E-state index is -0.401. The molecule has 0 atom stereocenters. The molecule has 0 amide bonds. The predicted octanol–water partition coefficient (Wildman–Crippen LogP) is 14.1. The van der Waals surface area contributed by atoms with Crippen molar-refractivity contribution in [3.05, 3.63) is 194 Å². The Hall–Kier alpha value is -6.50. The Bertz CT molecular complexity index is 3160. The highest BCUT2D eigenvalue weighted by molar-refractivity contribution is 6.22. The van der Waals surface area contributed by atoms with E-state index in [-0.39, 0.29) is 29.7 Å². The van der Waals surface area contributed by atoms with Crippen LogP contribution in [0.15, 0.2) is 194 Å². The van der Waals surface area contributed by atoms with Gasteiger partial charge in [0.05, 0.1) is 6.85 Å². The van der Waals surface area contributed by atoms with Gasteiger partial charge in [0, 0.05) is 0 Å². The minimum absolute atomic E-state index is 0.204. The second-order valence-corrected chi connectivity index (χ2v) is 12.9. The Kier molecular flexibility index (Phi) is 5.50. The summed E-state index contributed by atoms with van der Waals surface area (Å²) in [6, 6.07) is 55.8. The van der Waals surface area contributed by atoms with Gasteiger partial charge in [0.2, 0.25) is 0 Å². The van der Waals surface area contributed by atoms with Crippen LogP contribution in [-0.2, 0) is 0 Å². The lowest BCUT2D eigenvalue weighted by Gasteiger charge is -2.19. The smallest absolute Gasteiger partial charge is 0.0622 e. The van der Waals surface area contributed by atoms with Crippen molar-refractivity contribution in [1.82, 2.24) is 0 Å². The van der Waals surface area contributed by atoms with Gasteiger partial charge >= 0.3 is 0 Å². The zero-order valence-electron chi connectivity index (χ0n) is 32.1. The van der Waals surface area contributed by atoms with Crippen LogP contribution in [-0.4, -0.2) is 0 Å². The lowest BCUT2D eigenvalue weighted by Crippen LogP contribution is -1.92. The van der Waals surface area contributed by atoms with Gasteiger partial charge in [0.15, 0.2) is 0 Å². The third kappa shape index (κ3) is 4.61. The molecule has 0 aromatic heterocycles. The molecule has 50 heavy (non-hydrogen) atoms. The van der Waals surface area contributed by atoms with Gasteiger partial charge in [-0.3, -0.25) is 0 Å². The van der Waals surface area contributed by atoms with Crippen LogP contribution >= 0.6 is 0 Å². The third-order valence-corrected chi connectivity index (χ3v) is 10.1. The van der Waals surface area contributed by atoms with E-state index in [1.165, 1.54) is 32.3 Å². The highest BCUT2D eigenvalue weighted by Crippen LogP contribution is 2.45. The van der Waals surface area contributed by atoms with Gasteiger partial charge in [0.1, 0.15) is 0 Å². The second kappa shape index (κ2) is 11.6. The Morgan fingerprint density at radius 2 is 0.880 bits per heavy atom. The molecule has 0 nitrogen and oxygen atoms in total. The fourth-order valence-corrected chi connectivity index (χ4v) is 7.79. The number of benzene rings is 10. The molecule has 0 N–H and O–H groups in total. The average Bonchev–Trinajstić information content (AvgIpc) is 3.24. The van der Waals surface area contributed by atoms with Crippen LogP contribution in [0, 0.1) is 0 Å². The molecule has 10 rings (SSSR count). The molecule has 0 spiro atoms. The van der Waals surface area contributed by atoms with Gasteiger partial charge in [-0.1, -0.05) is 176 Å². The molecule has 0 aliphatic rings. The molecule has 0 aliphatic carbocycles. The maximum Gasteiger partial charge on any atom is 0.0629 e. The molecule has 0 fully saturated rings. The molecule has 0 radical (unpaired) electrons. The summed E-state index contributed by atoms with van der Waals surface area (Å²) in [7, 11) is 0. The number of rotatable bonds is 4. The molecule has 0 saturated heterocycles. The van der Waals surface area contributed by atoms with Crippen molar-refractivity contribution >= 4 is 53.9 Å². The molecule has 0 aliphatic heterocycles. The Morgan fingerprint density at radius 3 is 1.66 bits per heavy atom. The largest absolute Gasteiger partial charge is 0.0629 e. The van der Waals surface area contributed by atoms with Crippen LogP contribution in [0.3, 0.4) is 0 Å². The standard InChI is InChI=1S/C50H32/c1-3-12-33(13-4-1)39-26-29-46-48(32-39)50(35-14-5-2-6-15-35)45-19-10-9-18-44(45)49(46)36-24-22-34(23-25-36)41-20-11-21-42-43(41)28-27-40-30-37-16-7-8-17-38(37)31-47(40)42/h1-32H/i2D,5D,6D,14D,15D. The topological polar surface area (TPSA) is 0 Å². The zero-order chi connectivity index (χ0) is 37.4. The first kappa shape index (κ1) is 23.8. The van der Waals surface area contributed by atoms with Crippen molar-refractivity contribution in [3.8, 4) is 44.5 Å². The van der Waals surface area contributed by atoms with E-state index in [0.29, 0.717) is 5.56 Å². The van der Waals surface area contributed by atoms with Crippen LogP contribution in [0.25, 0.3) is 98.4 Å². The highest BCUT2D eigenvalue weighted by atomic mass is 14.2. The first-order valence-electron chi connectivity index (χ1n) is 19.4. The van der Waals surface area contributed by atoms with Gasteiger partial charge in [-0.2, -0.15) is 0 Å². The molecule has 0 heterocycles. The average molecular weight is 638 g/mol. The zero-order valence-corrected chi connectivity index (χ0v) is 27.1. The molecule has 0 bridgehead atoms. The molecular weight excluding hydrogens is 601 g/mol. The van der Waals surface area contributed by atoms with Crippen molar-refractivity contribution in [2.45, 2.75) is 0 Å². The summed E-state index contributed by atoms with van der Waals surface area (Å²) in [5, 5.41) is 10.9. The van der Waals surface area contributed by atoms with E-state index in [9.17, 15) is 0 Å².